The van der Waals surface area contributed by atoms with Crippen LogP contribution in [0, 0.1) is 0 Å². The van der Waals surface area contributed by atoms with Gasteiger partial charge in [0.1, 0.15) is 0 Å². The lowest BCUT2D eigenvalue weighted by Gasteiger charge is -2.22. The number of unbranched alkanes of at least 4 members (excludes halogenated alkanes) is 44. The highest BCUT2D eigenvalue weighted by Crippen LogP contribution is 2.17. The lowest BCUT2D eigenvalue weighted by molar-refractivity contribution is -0.143. The van der Waals surface area contributed by atoms with Gasteiger partial charge in [-0.1, -0.05) is 294 Å². The average molecular weight is 1030 g/mol. The van der Waals surface area contributed by atoms with Gasteiger partial charge in [-0.3, -0.25) is 9.59 Å². The van der Waals surface area contributed by atoms with E-state index in [1.165, 1.54) is 270 Å². The van der Waals surface area contributed by atoms with Gasteiger partial charge in [-0.15, -0.1) is 0 Å². The zero-order chi connectivity index (χ0) is 52.9. The molecule has 430 valence electrons. The predicted molar refractivity (Wildman–Crippen MR) is 319 cm³/mol. The van der Waals surface area contributed by atoms with Crippen molar-refractivity contribution in [2.45, 2.75) is 366 Å². The van der Waals surface area contributed by atoms with Crippen LogP contribution >= 0.6 is 0 Å². The molecule has 0 fully saturated rings. The van der Waals surface area contributed by atoms with Crippen LogP contribution < -0.4 is 5.32 Å². The molecule has 0 saturated heterocycles. The van der Waals surface area contributed by atoms with Gasteiger partial charge in [0.2, 0.25) is 5.91 Å². The molecule has 6 heteroatoms. The van der Waals surface area contributed by atoms with Crippen LogP contribution in [0.5, 0.6) is 0 Å². The number of allylic oxidation sites excluding steroid dienone is 6. The third-order valence-electron chi connectivity index (χ3n) is 15.2. The Kier molecular flexibility index (Phi) is 61.0. The molecule has 0 rings (SSSR count). The molecule has 0 aliphatic heterocycles. The van der Waals surface area contributed by atoms with Gasteiger partial charge in [0.15, 0.2) is 0 Å². The molecule has 0 aromatic carbocycles. The van der Waals surface area contributed by atoms with Crippen LogP contribution in [-0.2, 0) is 14.3 Å². The first-order chi connectivity index (χ1) is 36.0. The van der Waals surface area contributed by atoms with Crippen molar-refractivity contribution >= 4 is 11.9 Å². The standard InChI is InChI=1S/C67H127NO5/c1-3-5-7-9-11-13-15-17-19-33-37-41-45-49-53-57-61-67(72)73-62-58-54-50-46-42-38-34-30-28-26-24-22-20-21-23-25-27-29-32-36-40-44-48-52-56-60-66(71)68-64(63-69)65(70)59-55-51-47-43-39-35-31-18-16-14-12-10-8-6-4-2/h19,21-24,33,64-65,69-70H,3-18,20,25-32,34-63H2,1-2H3,(H,68,71)/b23-21-,24-22-,33-19-. The number of hydrogen-bond donors (Lipinski definition) is 3. The normalized spacial score (nSPS) is 12.8. The van der Waals surface area contributed by atoms with E-state index in [1.807, 2.05) is 0 Å². The molecule has 6 nitrogen and oxygen atoms in total. The molecule has 2 unspecified atom stereocenters. The Morgan fingerprint density at radius 2 is 0.685 bits per heavy atom. The van der Waals surface area contributed by atoms with Crippen molar-refractivity contribution in [3.8, 4) is 0 Å². The molecule has 0 aliphatic carbocycles. The number of esters is 1. The van der Waals surface area contributed by atoms with Crippen LogP contribution in [0.4, 0.5) is 0 Å². The van der Waals surface area contributed by atoms with E-state index in [4.69, 9.17) is 4.74 Å². The fraction of sp³-hybridized carbons (Fsp3) is 0.881. The first kappa shape index (κ1) is 71.1. The van der Waals surface area contributed by atoms with Gasteiger partial charge < -0.3 is 20.3 Å². The molecule has 0 heterocycles. The summed E-state index contributed by atoms with van der Waals surface area (Å²) in [6.45, 7) is 4.96. The topological polar surface area (TPSA) is 95.9 Å². The number of nitrogens with one attached hydrogen (secondary N) is 1. The van der Waals surface area contributed by atoms with Crippen LogP contribution in [0.3, 0.4) is 0 Å². The van der Waals surface area contributed by atoms with Gasteiger partial charge in [-0.05, 0) is 83.5 Å². The summed E-state index contributed by atoms with van der Waals surface area (Å²) in [5.74, 6) is -0.0377. The minimum Gasteiger partial charge on any atom is -0.466 e. The number of ether oxygens (including phenoxy) is 1. The van der Waals surface area contributed by atoms with E-state index < -0.39 is 12.1 Å². The monoisotopic (exact) mass is 1030 g/mol. The summed E-state index contributed by atoms with van der Waals surface area (Å²) >= 11 is 0. The molecule has 0 aliphatic rings. The molecule has 1 amide bonds. The van der Waals surface area contributed by atoms with Gasteiger partial charge in [-0.25, -0.2) is 0 Å². The Bertz CT molecular complexity index is 1180. The van der Waals surface area contributed by atoms with Gasteiger partial charge in [-0.2, -0.15) is 0 Å². The lowest BCUT2D eigenvalue weighted by atomic mass is 10.0. The van der Waals surface area contributed by atoms with E-state index in [1.54, 1.807) is 0 Å². The summed E-state index contributed by atoms with van der Waals surface area (Å²) in [6.07, 6.45) is 78.8. The summed E-state index contributed by atoms with van der Waals surface area (Å²) in [4.78, 5) is 24.6. The minimum atomic E-state index is -0.668. The Hall–Kier alpha value is -1.92. The smallest absolute Gasteiger partial charge is 0.305 e. The van der Waals surface area contributed by atoms with Crippen molar-refractivity contribution in [3.05, 3.63) is 36.5 Å². The highest BCUT2D eigenvalue weighted by Gasteiger charge is 2.20. The molecule has 0 bridgehead atoms. The van der Waals surface area contributed by atoms with Crippen molar-refractivity contribution < 1.29 is 24.5 Å². The maximum Gasteiger partial charge on any atom is 0.305 e. The third kappa shape index (κ3) is 59.2. The number of hydrogen-bond acceptors (Lipinski definition) is 5. The fourth-order valence-electron chi connectivity index (χ4n) is 10.1. The molecular formula is C67H127NO5. The van der Waals surface area contributed by atoms with Crippen LogP contribution in [0.2, 0.25) is 0 Å². The Balaban J connectivity index is 3.43. The Morgan fingerprint density at radius 3 is 1.05 bits per heavy atom. The van der Waals surface area contributed by atoms with E-state index in [9.17, 15) is 19.8 Å². The first-order valence-corrected chi connectivity index (χ1v) is 32.7. The molecule has 0 radical (unpaired) electrons. The second kappa shape index (κ2) is 62.6. The maximum atomic E-state index is 12.5. The number of aliphatic hydroxyl groups is 2. The number of carbonyl (C=O) groups is 2. The van der Waals surface area contributed by atoms with Gasteiger partial charge in [0.25, 0.3) is 0 Å². The van der Waals surface area contributed by atoms with Crippen molar-refractivity contribution in [1.82, 2.24) is 5.32 Å². The SMILES string of the molecule is CCCCCCCCC/C=C\CCCCCCCC(=O)OCCCCCCCCCCC/C=C\C/C=C\CCCCCCCCCCCC(=O)NC(CO)C(O)CCCCCCCCCCCCCCCCC. The summed E-state index contributed by atoms with van der Waals surface area (Å²) in [6, 6.07) is -0.546. The molecule has 73 heavy (non-hydrogen) atoms. The number of aliphatic hydroxyl groups excluding tert-OH is 2. The van der Waals surface area contributed by atoms with Crippen LogP contribution in [0.1, 0.15) is 354 Å². The Labute approximate surface area is 455 Å². The van der Waals surface area contributed by atoms with Crippen molar-refractivity contribution in [1.29, 1.82) is 0 Å². The van der Waals surface area contributed by atoms with Crippen molar-refractivity contribution in [2.24, 2.45) is 0 Å². The third-order valence-corrected chi connectivity index (χ3v) is 15.2. The van der Waals surface area contributed by atoms with E-state index in [2.05, 4.69) is 55.6 Å². The minimum absolute atomic E-state index is 0.00186. The van der Waals surface area contributed by atoms with Crippen molar-refractivity contribution in [2.75, 3.05) is 13.2 Å². The van der Waals surface area contributed by atoms with Crippen molar-refractivity contribution in [3.63, 3.8) is 0 Å². The van der Waals surface area contributed by atoms with E-state index in [0.717, 1.165) is 51.4 Å². The average Bonchev–Trinajstić information content (AvgIpc) is 3.39. The van der Waals surface area contributed by atoms with E-state index >= 15 is 0 Å². The van der Waals surface area contributed by atoms with E-state index in [0.29, 0.717) is 25.9 Å². The van der Waals surface area contributed by atoms with E-state index in [-0.39, 0.29) is 18.5 Å². The number of rotatable bonds is 61. The molecular weight excluding hydrogens is 899 g/mol. The first-order valence-electron chi connectivity index (χ1n) is 32.7. The molecule has 3 N–H and O–H groups in total. The van der Waals surface area contributed by atoms with Crippen LogP contribution in [-0.4, -0.2) is 47.4 Å². The molecule has 0 saturated carbocycles. The van der Waals surface area contributed by atoms with Gasteiger partial charge in [0, 0.05) is 12.8 Å². The molecule has 0 aromatic rings. The van der Waals surface area contributed by atoms with Crippen LogP contribution in [0.25, 0.3) is 0 Å². The molecule has 0 spiro atoms. The second-order valence-electron chi connectivity index (χ2n) is 22.4. The second-order valence-corrected chi connectivity index (χ2v) is 22.4. The predicted octanol–water partition coefficient (Wildman–Crippen LogP) is 20.8. The lowest BCUT2D eigenvalue weighted by Crippen LogP contribution is -2.45. The summed E-state index contributed by atoms with van der Waals surface area (Å²) in [7, 11) is 0. The zero-order valence-electron chi connectivity index (χ0n) is 49.1. The largest absolute Gasteiger partial charge is 0.466 e. The number of carbonyl (C=O) groups excluding carboxylic acids is 2. The quantitative estimate of drug-likeness (QED) is 0.0320. The molecule has 2 atom stereocenters. The summed E-state index contributed by atoms with van der Waals surface area (Å²) in [5.41, 5.74) is 0. The Morgan fingerprint density at radius 1 is 0.384 bits per heavy atom. The summed E-state index contributed by atoms with van der Waals surface area (Å²) in [5, 5.41) is 23.3. The van der Waals surface area contributed by atoms with Gasteiger partial charge in [0.05, 0.1) is 25.4 Å². The highest BCUT2D eigenvalue weighted by molar-refractivity contribution is 5.76. The number of amides is 1. The zero-order valence-corrected chi connectivity index (χ0v) is 49.1. The molecule has 0 aromatic heterocycles. The summed E-state index contributed by atoms with van der Waals surface area (Å²) < 4.78 is 5.48. The highest BCUT2D eigenvalue weighted by atomic mass is 16.5. The van der Waals surface area contributed by atoms with Gasteiger partial charge >= 0.3 is 5.97 Å². The van der Waals surface area contributed by atoms with Crippen LogP contribution in [0.15, 0.2) is 36.5 Å². The maximum absolute atomic E-state index is 12.5. The fourth-order valence-corrected chi connectivity index (χ4v) is 10.1.